The summed E-state index contributed by atoms with van der Waals surface area (Å²) in [6, 6.07) is 5.06. The van der Waals surface area contributed by atoms with Gasteiger partial charge in [0, 0.05) is 37.4 Å². The van der Waals surface area contributed by atoms with Crippen LogP contribution in [0.4, 0.5) is 5.82 Å². The van der Waals surface area contributed by atoms with Gasteiger partial charge in [-0.1, -0.05) is 25.8 Å². The summed E-state index contributed by atoms with van der Waals surface area (Å²) < 4.78 is 0. The lowest BCUT2D eigenvalue weighted by Gasteiger charge is -2.33. The van der Waals surface area contributed by atoms with Gasteiger partial charge in [0.2, 0.25) is 0 Å². The number of pyridine rings is 1. The van der Waals surface area contributed by atoms with E-state index >= 15 is 0 Å². The summed E-state index contributed by atoms with van der Waals surface area (Å²) in [6.45, 7) is 5.63. The lowest BCUT2D eigenvalue weighted by molar-refractivity contribution is 0.377. The van der Waals surface area contributed by atoms with Crippen LogP contribution in [0.1, 0.15) is 51.0 Å². The Kier molecular flexibility index (Phi) is 4.56. The van der Waals surface area contributed by atoms with Gasteiger partial charge in [-0.3, -0.25) is 0 Å². The van der Waals surface area contributed by atoms with Crippen LogP contribution in [0.2, 0.25) is 0 Å². The molecule has 1 aliphatic carbocycles. The van der Waals surface area contributed by atoms with Crippen molar-refractivity contribution >= 4 is 5.82 Å². The molecule has 0 atom stereocenters. The van der Waals surface area contributed by atoms with Gasteiger partial charge in [-0.25, -0.2) is 4.98 Å². The zero-order valence-corrected chi connectivity index (χ0v) is 12.6. The molecule has 1 N–H and O–H groups in total. The summed E-state index contributed by atoms with van der Waals surface area (Å²) in [5.74, 6) is 2.16. The Morgan fingerprint density at radius 3 is 2.75 bits per heavy atom. The molecule has 0 bridgehead atoms. The predicted molar refractivity (Wildman–Crippen MR) is 83.9 cm³/mol. The van der Waals surface area contributed by atoms with Gasteiger partial charge in [-0.2, -0.15) is 0 Å². The standard InChI is InChI=1S/C17H27N3/c1-2-4-14-8-11-20(12-9-14)17-15(5-3-10-18-17)13-19-16-6-7-16/h3,5,10,14,16,19H,2,4,6-9,11-13H2,1H3. The maximum Gasteiger partial charge on any atom is 0.133 e. The van der Waals surface area contributed by atoms with E-state index in [4.69, 9.17) is 0 Å². The summed E-state index contributed by atoms with van der Waals surface area (Å²) in [4.78, 5) is 7.15. The van der Waals surface area contributed by atoms with Crippen LogP contribution >= 0.6 is 0 Å². The third kappa shape index (κ3) is 3.51. The molecule has 3 heteroatoms. The number of hydrogen-bond donors (Lipinski definition) is 1. The highest BCUT2D eigenvalue weighted by atomic mass is 15.2. The van der Waals surface area contributed by atoms with Gasteiger partial charge in [0.25, 0.3) is 0 Å². The molecule has 3 nitrogen and oxygen atoms in total. The van der Waals surface area contributed by atoms with Crippen LogP contribution < -0.4 is 10.2 Å². The quantitative estimate of drug-likeness (QED) is 0.861. The minimum atomic E-state index is 0.762. The average Bonchev–Trinajstić information content (AvgIpc) is 3.31. The van der Waals surface area contributed by atoms with Gasteiger partial charge < -0.3 is 10.2 Å². The van der Waals surface area contributed by atoms with Crippen molar-refractivity contribution in [1.29, 1.82) is 0 Å². The van der Waals surface area contributed by atoms with Crippen molar-refractivity contribution in [3.05, 3.63) is 23.9 Å². The van der Waals surface area contributed by atoms with E-state index in [0.29, 0.717) is 0 Å². The van der Waals surface area contributed by atoms with Crippen molar-refractivity contribution in [2.45, 2.75) is 58.0 Å². The Morgan fingerprint density at radius 2 is 2.05 bits per heavy atom. The minimum absolute atomic E-state index is 0.762. The third-order valence-electron chi connectivity index (χ3n) is 4.64. The summed E-state index contributed by atoms with van der Waals surface area (Å²) in [6.07, 6.45) is 10.0. The molecule has 0 amide bonds. The van der Waals surface area contributed by atoms with E-state index in [1.165, 1.54) is 63.0 Å². The van der Waals surface area contributed by atoms with Crippen LogP contribution in [0, 0.1) is 5.92 Å². The summed E-state index contributed by atoms with van der Waals surface area (Å²) in [7, 11) is 0. The van der Waals surface area contributed by atoms with Crippen LogP contribution in [0.3, 0.4) is 0 Å². The van der Waals surface area contributed by atoms with Crippen LogP contribution in [0.25, 0.3) is 0 Å². The predicted octanol–water partition coefficient (Wildman–Crippen LogP) is 3.35. The monoisotopic (exact) mass is 273 g/mol. The SMILES string of the molecule is CCCC1CCN(c2ncccc2CNC2CC2)CC1. The lowest BCUT2D eigenvalue weighted by atomic mass is 9.92. The molecule has 1 aliphatic heterocycles. The van der Waals surface area contributed by atoms with E-state index in [-0.39, 0.29) is 0 Å². The Hall–Kier alpha value is -1.09. The minimum Gasteiger partial charge on any atom is -0.356 e. The zero-order chi connectivity index (χ0) is 13.8. The van der Waals surface area contributed by atoms with Crippen LogP contribution in [-0.2, 0) is 6.54 Å². The van der Waals surface area contributed by atoms with Crippen molar-refractivity contribution in [3.63, 3.8) is 0 Å². The molecule has 1 saturated carbocycles. The van der Waals surface area contributed by atoms with E-state index in [0.717, 1.165) is 18.5 Å². The molecule has 0 spiro atoms. The number of aromatic nitrogens is 1. The van der Waals surface area contributed by atoms with Gasteiger partial charge in [-0.15, -0.1) is 0 Å². The fourth-order valence-corrected chi connectivity index (χ4v) is 3.24. The summed E-state index contributed by atoms with van der Waals surface area (Å²) in [5.41, 5.74) is 1.37. The highest BCUT2D eigenvalue weighted by Crippen LogP contribution is 2.27. The largest absolute Gasteiger partial charge is 0.356 e. The van der Waals surface area contributed by atoms with Gasteiger partial charge in [0.15, 0.2) is 0 Å². The molecule has 2 heterocycles. The molecule has 20 heavy (non-hydrogen) atoms. The molecule has 0 unspecified atom stereocenters. The Morgan fingerprint density at radius 1 is 1.25 bits per heavy atom. The van der Waals surface area contributed by atoms with Crippen molar-refractivity contribution in [2.75, 3.05) is 18.0 Å². The average molecular weight is 273 g/mol. The molecule has 0 aromatic carbocycles. The molecule has 1 saturated heterocycles. The van der Waals surface area contributed by atoms with Crippen LogP contribution in [-0.4, -0.2) is 24.1 Å². The number of rotatable bonds is 6. The van der Waals surface area contributed by atoms with E-state index in [2.05, 4.69) is 34.3 Å². The molecule has 2 fully saturated rings. The Labute approximate surface area is 122 Å². The first-order chi connectivity index (χ1) is 9.86. The molecule has 0 radical (unpaired) electrons. The summed E-state index contributed by atoms with van der Waals surface area (Å²) >= 11 is 0. The van der Waals surface area contributed by atoms with E-state index < -0.39 is 0 Å². The molecule has 3 rings (SSSR count). The first kappa shape index (κ1) is 13.9. The number of anilines is 1. The topological polar surface area (TPSA) is 28.2 Å². The molecule has 1 aromatic rings. The van der Waals surface area contributed by atoms with Crippen LogP contribution in [0.15, 0.2) is 18.3 Å². The van der Waals surface area contributed by atoms with Crippen LogP contribution in [0.5, 0.6) is 0 Å². The van der Waals surface area contributed by atoms with Gasteiger partial charge in [0.05, 0.1) is 0 Å². The smallest absolute Gasteiger partial charge is 0.133 e. The fourth-order valence-electron chi connectivity index (χ4n) is 3.24. The zero-order valence-electron chi connectivity index (χ0n) is 12.6. The molecule has 1 aromatic heterocycles. The maximum absolute atomic E-state index is 4.66. The van der Waals surface area contributed by atoms with Crippen molar-refractivity contribution in [3.8, 4) is 0 Å². The van der Waals surface area contributed by atoms with E-state index in [1.807, 2.05) is 6.20 Å². The first-order valence-electron chi connectivity index (χ1n) is 8.29. The van der Waals surface area contributed by atoms with E-state index in [1.54, 1.807) is 0 Å². The molecule has 2 aliphatic rings. The normalized spacial score (nSPS) is 20.4. The Bertz CT molecular complexity index is 420. The first-order valence-corrected chi connectivity index (χ1v) is 8.29. The number of nitrogens with one attached hydrogen (secondary N) is 1. The second kappa shape index (κ2) is 6.57. The maximum atomic E-state index is 4.66. The third-order valence-corrected chi connectivity index (χ3v) is 4.64. The van der Waals surface area contributed by atoms with Gasteiger partial charge in [0.1, 0.15) is 5.82 Å². The van der Waals surface area contributed by atoms with Crippen molar-refractivity contribution in [2.24, 2.45) is 5.92 Å². The lowest BCUT2D eigenvalue weighted by Crippen LogP contribution is -2.35. The fraction of sp³-hybridized carbons (Fsp3) is 0.706. The Balaban J connectivity index is 1.61. The number of piperidine rings is 1. The summed E-state index contributed by atoms with van der Waals surface area (Å²) in [5, 5.41) is 3.61. The number of hydrogen-bond acceptors (Lipinski definition) is 3. The van der Waals surface area contributed by atoms with Crippen molar-refractivity contribution in [1.82, 2.24) is 10.3 Å². The highest BCUT2D eigenvalue weighted by Gasteiger charge is 2.23. The molecular formula is C17H27N3. The number of nitrogens with zero attached hydrogens (tertiary/aromatic N) is 2. The molecular weight excluding hydrogens is 246 g/mol. The second-order valence-corrected chi connectivity index (χ2v) is 6.36. The van der Waals surface area contributed by atoms with Gasteiger partial charge >= 0.3 is 0 Å². The van der Waals surface area contributed by atoms with Crippen molar-refractivity contribution < 1.29 is 0 Å². The highest BCUT2D eigenvalue weighted by molar-refractivity contribution is 5.47. The van der Waals surface area contributed by atoms with E-state index in [9.17, 15) is 0 Å². The molecule has 110 valence electrons. The second-order valence-electron chi connectivity index (χ2n) is 6.36. The van der Waals surface area contributed by atoms with Gasteiger partial charge in [-0.05, 0) is 37.7 Å².